The average molecular weight is 1660 g/mol. The van der Waals surface area contributed by atoms with Crippen LogP contribution < -0.4 is 41.0 Å². The first-order valence-electron chi connectivity index (χ1n) is 41.5. The first-order chi connectivity index (χ1) is 56.5. The van der Waals surface area contributed by atoms with Gasteiger partial charge in [-0.15, -0.1) is 0 Å². The van der Waals surface area contributed by atoms with Gasteiger partial charge in [0.05, 0.1) is 52.7 Å². The molecule has 0 unspecified atom stereocenters. The summed E-state index contributed by atoms with van der Waals surface area (Å²) < 4.78 is 12.2. The van der Waals surface area contributed by atoms with E-state index in [-0.39, 0.29) is 103 Å². The molecular weight excluding hydrogens is 1530 g/mol. The van der Waals surface area contributed by atoms with Crippen LogP contribution in [0.2, 0.25) is 0 Å². The van der Waals surface area contributed by atoms with Gasteiger partial charge >= 0.3 is 11.9 Å². The number of ether oxygens (including phenoxy) is 2. The highest BCUT2D eigenvalue weighted by molar-refractivity contribution is 6.19. The van der Waals surface area contributed by atoms with Crippen molar-refractivity contribution in [3.63, 3.8) is 0 Å². The number of carbonyl (C=O) groups excluding carboxylic acids is 5. The molecule has 6 saturated carbocycles. The predicted molar refractivity (Wildman–Crippen MR) is 460 cm³/mol. The van der Waals surface area contributed by atoms with Gasteiger partial charge in [-0.2, -0.15) is 10.1 Å². The summed E-state index contributed by atoms with van der Waals surface area (Å²) in [5, 5.41) is 79.3. The van der Waals surface area contributed by atoms with Gasteiger partial charge in [0.25, 0.3) is 11.8 Å². The first kappa shape index (κ1) is 94.4. The predicted octanol–water partition coefficient (Wildman–Crippen LogP) is 7.86. The minimum atomic E-state index is -1.43. The fraction of sp³-hybridized carbons (Fsp3) is 0.533. The number of aliphatic hydroxyl groups excluding tert-OH is 4. The second-order valence-electron chi connectivity index (χ2n) is 35.2. The van der Waals surface area contributed by atoms with Gasteiger partial charge in [0, 0.05) is 108 Å². The Morgan fingerprint density at radius 1 is 0.575 bits per heavy atom. The highest BCUT2D eigenvalue weighted by Crippen LogP contribution is 2.62. The molecule has 4 bridgehead atoms. The van der Waals surface area contributed by atoms with Crippen LogP contribution in [0.15, 0.2) is 133 Å². The fourth-order valence-electron chi connectivity index (χ4n) is 19.7. The highest BCUT2D eigenvalue weighted by Gasteiger charge is 2.59. The van der Waals surface area contributed by atoms with Crippen molar-refractivity contribution in [2.24, 2.45) is 58.2 Å². The Labute approximate surface area is 705 Å². The lowest BCUT2D eigenvalue weighted by Gasteiger charge is -2.62. The van der Waals surface area contributed by atoms with Crippen LogP contribution in [-0.2, 0) is 59.6 Å². The molecule has 4 amide bonds. The molecular formula is C92H128N10O18. The minimum absolute atomic E-state index is 0. The third-order valence-corrected chi connectivity index (χ3v) is 26.1. The molecule has 18 atom stereocenters. The molecule has 28 heteroatoms. The summed E-state index contributed by atoms with van der Waals surface area (Å²) in [5.74, 6) is -0.854. The molecule has 8 fully saturated rings. The van der Waals surface area contributed by atoms with Gasteiger partial charge in [0.2, 0.25) is 18.1 Å². The standard InChI is InChI=1S/C46H63N5O8.C44H61N5O6.C2H2O3.H2O/c1-27-37-21-33(46(37,3)4)22-38(27)48-45(57)42-41(28(2)53)39(26-52)59-51(42)23-30-15-12-16-36(43(30)58-8)31-18-32(20-35(19-31)50(7)25-40(54)55)44(56)47-34(24-49(5)6)17-29-13-10-9-11-14-29;1-26-36-21-32(44(36,3)4)22-37(26)47-43(53)40-39(27(2)51)38(25-50)55-49(40)23-29-15-12-16-35(41(29)54-8)30-18-31(20-33(19-30)45-5)42(52)46-34(24-48(6)7)17-28-13-10-9-11-14-28;3-1-2(4)5;/h9-16,18-20,27-28,33-34,37-39,41-42,52-53H,17,21-26H2,1-8H3,(H,47,56)(H,48,57)(H,54,55);9-16,18-20,26-27,32,34,36-40,45,50-51H,17,21-25H2,1-8H3,(H,46,52)(H,47,53);1H,(H,4,5);1H2/t27-,28-,33+,34-,37-,38-,39-,41+,42-;26-,27-,32+,34-,36-,37-,38-,39+,40-;;/m00../s1. The summed E-state index contributed by atoms with van der Waals surface area (Å²) >= 11 is 0. The summed E-state index contributed by atoms with van der Waals surface area (Å²) in [5.41, 5.74) is 9.16. The average Bonchev–Trinajstić information content (AvgIpc) is 0.914. The normalized spacial score (nSPS) is 25.2. The molecule has 2 saturated heterocycles. The number of aliphatic hydroxyl groups is 4. The van der Waals surface area contributed by atoms with Gasteiger partial charge in [-0.3, -0.25) is 38.4 Å². The molecule has 0 spiro atoms. The number of hydroxylamine groups is 4. The van der Waals surface area contributed by atoms with E-state index in [9.17, 15) is 49.5 Å². The summed E-state index contributed by atoms with van der Waals surface area (Å²) in [6, 6.07) is 40.5. The number of benzene rings is 6. The fourth-order valence-corrected chi connectivity index (χ4v) is 19.7. The number of amides is 4. The molecule has 8 aliphatic rings. The van der Waals surface area contributed by atoms with E-state index in [0.29, 0.717) is 106 Å². The van der Waals surface area contributed by atoms with Crippen LogP contribution in [0.5, 0.6) is 11.5 Å². The number of carboxylic acid groups (broad SMARTS) is 2. The van der Waals surface area contributed by atoms with E-state index in [2.05, 4.69) is 85.2 Å². The van der Waals surface area contributed by atoms with Gasteiger partial charge in [-0.1, -0.05) is 139 Å². The number of carboxylic acids is 2. The van der Waals surface area contributed by atoms with E-state index in [0.717, 1.165) is 46.3 Å². The smallest absolute Gasteiger partial charge is 0.368 e. The van der Waals surface area contributed by atoms with Crippen LogP contribution in [0.1, 0.15) is 124 Å². The molecule has 28 nitrogen and oxygen atoms in total. The van der Waals surface area contributed by atoms with Gasteiger partial charge in [0.15, 0.2) is 0 Å². The summed E-state index contributed by atoms with van der Waals surface area (Å²) in [6.07, 6.45) is 1.94. The van der Waals surface area contributed by atoms with Crippen LogP contribution in [0, 0.1) is 58.2 Å². The van der Waals surface area contributed by atoms with Crippen molar-refractivity contribution in [1.29, 1.82) is 0 Å². The Balaban J connectivity index is 0.000000257. The number of para-hydroxylation sites is 2. The number of anilines is 2. The Bertz CT molecular complexity index is 4470. The lowest BCUT2D eigenvalue weighted by atomic mass is 9.45. The van der Waals surface area contributed by atoms with Crippen LogP contribution in [0.3, 0.4) is 0 Å². The molecule has 6 aromatic carbocycles. The maximum Gasteiger partial charge on any atom is 0.368 e. The van der Waals surface area contributed by atoms with E-state index < -0.39 is 60.3 Å². The van der Waals surface area contributed by atoms with Gasteiger partial charge in [-0.25, -0.2) is 4.79 Å². The van der Waals surface area contributed by atoms with E-state index in [1.807, 2.05) is 149 Å². The van der Waals surface area contributed by atoms with E-state index in [4.69, 9.17) is 33.8 Å². The van der Waals surface area contributed by atoms with Crippen LogP contribution >= 0.6 is 0 Å². The maximum atomic E-state index is 14.3. The van der Waals surface area contributed by atoms with E-state index in [1.54, 1.807) is 62.3 Å². The summed E-state index contributed by atoms with van der Waals surface area (Å²) in [4.78, 5) is 105. The van der Waals surface area contributed by atoms with Crippen molar-refractivity contribution in [1.82, 2.24) is 41.2 Å². The largest absolute Gasteiger partial charge is 0.496 e. The van der Waals surface area contributed by atoms with Crippen LogP contribution in [0.4, 0.5) is 11.4 Å². The van der Waals surface area contributed by atoms with Crippen LogP contribution in [0.25, 0.3) is 22.3 Å². The molecule has 0 radical (unpaired) electrons. The van der Waals surface area contributed by atoms with Crippen molar-refractivity contribution >= 4 is 53.2 Å². The molecule has 13 N–H and O–H groups in total. The molecule has 654 valence electrons. The lowest BCUT2D eigenvalue weighted by Crippen LogP contribution is -2.62. The number of nitrogens with one attached hydrogen (secondary N) is 5. The second-order valence-corrected chi connectivity index (χ2v) is 35.2. The topological polar surface area (TPSA) is 386 Å². The highest BCUT2D eigenvalue weighted by atomic mass is 16.7. The van der Waals surface area contributed by atoms with Crippen molar-refractivity contribution in [3.05, 3.63) is 167 Å². The van der Waals surface area contributed by atoms with E-state index in [1.165, 1.54) is 12.8 Å². The second kappa shape index (κ2) is 41.4. The van der Waals surface area contributed by atoms with Crippen molar-refractivity contribution in [3.8, 4) is 33.8 Å². The SMILES string of the molecule is CNc1cc(C(=O)N[C@@H](Cc2ccccc2)CN(C)C)cc(-c2cccc(CN3O[C@@H](CO)[C@@H]([C@H](C)O)[C@H]3C(=O)N[C@H]3C[C@H]4C[C@@H]([C@@H]3C)C4(C)C)c2OC)c1.COc1c(CN2O[C@@H](CO)[C@@H]([C@H](C)O)[C@H]2C(=O)N[C@H]2C[C@H]3C[C@@H]([C@@H]2C)C3(C)C)cccc1-c1cc(C(=O)N[C@@H](Cc2ccccc2)CN(C)C)cc(N(C)CC(=O)O)c1.O.O=CC(=O)O. The number of carbonyl (C=O) groups is 7. The number of nitrogens with zero attached hydrogens (tertiary/aromatic N) is 5. The van der Waals surface area contributed by atoms with Gasteiger partial charge in [-0.05, 0) is 186 Å². The molecule has 6 aromatic rings. The number of hydrogen-bond donors (Lipinski definition) is 11. The number of hydrogen-bond acceptors (Lipinski definition) is 21. The summed E-state index contributed by atoms with van der Waals surface area (Å²) in [7, 11) is 14.6. The monoisotopic (exact) mass is 1660 g/mol. The van der Waals surface area contributed by atoms with Gasteiger partial charge in [0.1, 0.15) is 42.3 Å². The van der Waals surface area contributed by atoms with E-state index >= 15 is 0 Å². The number of likely N-dealkylation sites (N-methyl/N-ethyl adjacent to an activating group) is 3. The number of methoxy groups -OCH3 is 2. The van der Waals surface area contributed by atoms with Gasteiger partial charge < -0.3 is 86.9 Å². The number of rotatable bonds is 33. The van der Waals surface area contributed by atoms with Crippen LogP contribution in [-0.4, -0.2) is 248 Å². The molecule has 2 heterocycles. The Kier molecular flexibility index (Phi) is 32.6. The van der Waals surface area contributed by atoms with Crippen molar-refractivity contribution < 1.29 is 88.8 Å². The third kappa shape index (κ3) is 22.1. The Morgan fingerprint density at radius 2 is 0.975 bits per heavy atom. The first-order valence-corrected chi connectivity index (χ1v) is 41.5. The molecule has 2 aliphatic heterocycles. The zero-order valence-electron chi connectivity index (χ0n) is 72.3. The number of aldehydes is 1. The Morgan fingerprint density at radius 3 is 1.32 bits per heavy atom. The molecule has 120 heavy (non-hydrogen) atoms. The number of aliphatic carboxylic acids is 2. The lowest BCUT2D eigenvalue weighted by molar-refractivity contribution is -0.183. The molecule has 0 aromatic heterocycles. The number of fused-ring (bicyclic) bond motifs is 4. The molecule has 6 aliphatic carbocycles. The minimum Gasteiger partial charge on any atom is -0.496 e. The summed E-state index contributed by atoms with van der Waals surface area (Å²) in [6.45, 7) is 17.6. The van der Waals surface area contributed by atoms with Crippen molar-refractivity contribution in [2.75, 3.05) is 99.6 Å². The third-order valence-electron chi connectivity index (χ3n) is 26.1. The zero-order chi connectivity index (χ0) is 86.6. The molecule has 14 rings (SSSR count). The zero-order valence-corrected chi connectivity index (χ0v) is 72.3. The Hall–Kier alpha value is -9.43. The maximum absolute atomic E-state index is 14.3. The quantitative estimate of drug-likeness (QED) is 0.0138. The van der Waals surface area contributed by atoms with Crippen molar-refractivity contribution in [2.45, 2.75) is 168 Å².